The van der Waals surface area contributed by atoms with Crippen molar-refractivity contribution in [3.8, 4) is 0 Å². The Kier molecular flexibility index (Phi) is 1.88. The second-order valence-electron chi connectivity index (χ2n) is 4.25. The molecule has 0 spiro atoms. The Morgan fingerprint density at radius 3 is 2.85 bits per heavy atom. The Balaban J connectivity index is 2.11. The Morgan fingerprint density at radius 1 is 1.62 bits per heavy atom. The van der Waals surface area contributed by atoms with E-state index in [-0.39, 0.29) is 11.4 Å². The lowest BCUT2D eigenvalue weighted by Gasteiger charge is -2.44. The fraction of sp³-hybridized carbons (Fsp3) is 0.455. The zero-order valence-electron chi connectivity index (χ0n) is 7.89. The highest BCUT2D eigenvalue weighted by atomic mass is 19.1. The number of hydrogen-bond acceptors (Lipinski definition) is 1. The molecule has 1 N–H and O–H groups in total. The average Bonchev–Trinajstić information content (AvgIpc) is 2.00. The first-order valence-corrected chi connectivity index (χ1v) is 4.52. The molecule has 1 fully saturated rings. The lowest BCUT2D eigenvalue weighted by molar-refractivity contribution is 0.177. The van der Waals surface area contributed by atoms with Crippen molar-refractivity contribution in [2.24, 2.45) is 0 Å². The molecule has 13 heavy (non-hydrogen) atoms. The molecule has 1 nitrogen and oxygen atoms in total. The van der Waals surface area contributed by atoms with Crippen molar-refractivity contribution < 1.29 is 4.39 Å². The highest BCUT2D eigenvalue weighted by Crippen LogP contribution is 2.34. The van der Waals surface area contributed by atoms with E-state index in [0.29, 0.717) is 6.04 Å². The largest absolute Gasteiger partial charge is 0.305 e. The van der Waals surface area contributed by atoms with Crippen LogP contribution in [0, 0.1) is 11.9 Å². The number of benzene rings is 1. The van der Waals surface area contributed by atoms with E-state index in [1.807, 2.05) is 6.07 Å². The molecule has 1 aromatic rings. The maximum absolute atomic E-state index is 12.8. The van der Waals surface area contributed by atoms with Crippen molar-refractivity contribution in [3.63, 3.8) is 0 Å². The minimum atomic E-state index is -0.274. The Bertz CT molecular complexity index is 312. The summed E-state index contributed by atoms with van der Waals surface area (Å²) in [7, 11) is 0. The molecule has 1 saturated heterocycles. The summed E-state index contributed by atoms with van der Waals surface area (Å²) in [6.45, 7) is 4.30. The van der Waals surface area contributed by atoms with Crippen LogP contribution < -0.4 is 5.32 Å². The standard InChI is InChI=1S/C11H13FN/c1-11(2)7-10(13-11)8-4-3-5-9(12)6-8/h3-4,6,10,13H,7H2,1-2H3. The van der Waals surface area contributed by atoms with Gasteiger partial charge in [0.1, 0.15) is 5.82 Å². The number of hydrogen-bond donors (Lipinski definition) is 1. The fourth-order valence-electron chi connectivity index (χ4n) is 1.83. The van der Waals surface area contributed by atoms with Crippen LogP contribution in [0.25, 0.3) is 0 Å². The van der Waals surface area contributed by atoms with Crippen molar-refractivity contribution in [2.75, 3.05) is 0 Å². The van der Waals surface area contributed by atoms with E-state index >= 15 is 0 Å². The summed E-state index contributed by atoms with van der Waals surface area (Å²) in [6, 6.07) is 7.92. The van der Waals surface area contributed by atoms with Gasteiger partial charge in [-0.05, 0) is 31.9 Å². The predicted octanol–water partition coefficient (Wildman–Crippen LogP) is 2.44. The molecule has 0 saturated carbocycles. The van der Waals surface area contributed by atoms with E-state index in [1.165, 1.54) is 0 Å². The van der Waals surface area contributed by atoms with Crippen molar-refractivity contribution in [1.82, 2.24) is 5.32 Å². The van der Waals surface area contributed by atoms with Crippen LogP contribution in [0.1, 0.15) is 31.9 Å². The molecule has 0 amide bonds. The van der Waals surface area contributed by atoms with E-state index in [4.69, 9.17) is 0 Å². The van der Waals surface area contributed by atoms with Gasteiger partial charge in [-0.1, -0.05) is 12.1 Å². The van der Waals surface area contributed by atoms with Gasteiger partial charge in [0.25, 0.3) is 0 Å². The molecule has 2 heteroatoms. The smallest absolute Gasteiger partial charge is 0.131 e. The molecule has 1 atom stereocenters. The molecule has 1 aliphatic rings. The normalized spacial score (nSPS) is 25.3. The van der Waals surface area contributed by atoms with Crippen molar-refractivity contribution in [3.05, 3.63) is 35.6 Å². The lowest BCUT2D eigenvalue weighted by Crippen LogP contribution is -2.54. The summed E-state index contributed by atoms with van der Waals surface area (Å²) in [5.74, 6) is -0.274. The summed E-state index contributed by atoms with van der Waals surface area (Å²) in [5, 5.41) is 3.38. The molecular formula is C11H13FN. The molecular weight excluding hydrogens is 165 g/mol. The Morgan fingerprint density at radius 2 is 2.31 bits per heavy atom. The highest BCUT2D eigenvalue weighted by molar-refractivity contribution is 5.23. The van der Waals surface area contributed by atoms with Gasteiger partial charge in [0.2, 0.25) is 0 Å². The lowest BCUT2D eigenvalue weighted by atomic mass is 9.81. The van der Waals surface area contributed by atoms with Crippen LogP contribution in [0.2, 0.25) is 0 Å². The second-order valence-corrected chi connectivity index (χ2v) is 4.25. The SMILES string of the molecule is CC1(C)CC(c2cc[c]c(F)c2)N1. The molecule has 0 aliphatic carbocycles. The molecule has 1 aromatic carbocycles. The molecule has 2 rings (SSSR count). The third-order valence-corrected chi connectivity index (χ3v) is 2.47. The average molecular weight is 178 g/mol. The molecule has 1 radical (unpaired) electrons. The van der Waals surface area contributed by atoms with Gasteiger partial charge in [-0.25, -0.2) is 4.39 Å². The summed E-state index contributed by atoms with van der Waals surface area (Å²) in [6.07, 6.45) is 1.07. The Hall–Kier alpha value is -0.890. The maximum atomic E-state index is 12.8. The van der Waals surface area contributed by atoms with Gasteiger partial charge < -0.3 is 5.32 Å². The minimum absolute atomic E-state index is 0.209. The van der Waals surface area contributed by atoms with Gasteiger partial charge in [0.15, 0.2) is 0 Å². The molecule has 0 aromatic heterocycles. The zero-order chi connectivity index (χ0) is 9.47. The monoisotopic (exact) mass is 178 g/mol. The first-order valence-electron chi connectivity index (χ1n) is 4.52. The van der Waals surface area contributed by atoms with Crippen molar-refractivity contribution in [2.45, 2.75) is 31.8 Å². The van der Waals surface area contributed by atoms with Gasteiger partial charge in [0.05, 0.1) is 0 Å². The molecule has 0 bridgehead atoms. The summed E-state index contributed by atoms with van der Waals surface area (Å²) in [4.78, 5) is 0. The van der Waals surface area contributed by atoms with E-state index in [9.17, 15) is 4.39 Å². The van der Waals surface area contributed by atoms with Crippen LogP contribution in [0.3, 0.4) is 0 Å². The second kappa shape index (κ2) is 2.81. The third kappa shape index (κ3) is 1.73. The van der Waals surface area contributed by atoms with Gasteiger partial charge in [-0.2, -0.15) is 0 Å². The van der Waals surface area contributed by atoms with Crippen LogP contribution in [-0.4, -0.2) is 5.54 Å². The van der Waals surface area contributed by atoms with Gasteiger partial charge >= 0.3 is 0 Å². The maximum Gasteiger partial charge on any atom is 0.131 e. The molecule has 1 unspecified atom stereocenters. The van der Waals surface area contributed by atoms with Gasteiger partial charge in [-0.3, -0.25) is 0 Å². The van der Waals surface area contributed by atoms with Gasteiger partial charge in [0, 0.05) is 17.6 Å². The van der Waals surface area contributed by atoms with Crippen molar-refractivity contribution in [1.29, 1.82) is 0 Å². The summed E-state index contributed by atoms with van der Waals surface area (Å²) >= 11 is 0. The quantitative estimate of drug-likeness (QED) is 0.696. The summed E-state index contributed by atoms with van der Waals surface area (Å²) < 4.78 is 12.8. The van der Waals surface area contributed by atoms with E-state index in [0.717, 1.165) is 12.0 Å². The molecule has 1 aliphatic heterocycles. The third-order valence-electron chi connectivity index (χ3n) is 2.47. The van der Waals surface area contributed by atoms with Gasteiger partial charge in [-0.15, -0.1) is 0 Å². The summed E-state index contributed by atoms with van der Waals surface area (Å²) in [5.41, 5.74) is 1.23. The van der Waals surface area contributed by atoms with Crippen LogP contribution in [0.15, 0.2) is 18.2 Å². The fourth-order valence-corrected chi connectivity index (χ4v) is 1.83. The molecule has 69 valence electrons. The highest BCUT2D eigenvalue weighted by Gasteiger charge is 2.35. The minimum Gasteiger partial charge on any atom is -0.305 e. The zero-order valence-corrected chi connectivity index (χ0v) is 7.89. The van der Waals surface area contributed by atoms with Crippen LogP contribution >= 0.6 is 0 Å². The first-order chi connectivity index (χ1) is 6.07. The molecule has 1 heterocycles. The van der Waals surface area contributed by atoms with E-state index < -0.39 is 0 Å². The van der Waals surface area contributed by atoms with E-state index in [2.05, 4.69) is 25.2 Å². The Labute approximate surface area is 78.0 Å². The predicted molar refractivity (Wildman–Crippen MR) is 49.8 cm³/mol. The number of rotatable bonds is 1. The first kappa shape index (κ1) is 8.70. The number of nitrogens with one attached hydrogen (secondary N) is 1. The van der Waals surface area contributed by atoms with Crippen LogP contribution in [-0.2, 0) is 0 Å². The van der Waals surface area contributed by atoms with Crippen LogP contribution in [0.5, 0.6) is 0 Å². The number of halogens is 1. The van der Waals surface area contributed by atoms with E-state index in [1.54, 1.807) is 12.1 Å². The topological polar surface area (TPSA) is 12.0 Å². The van der Waals surface area contributed by atoms with Crippen LogP contribution in [0.4, 0.5) is 4.39 Å². The van der Waals surface area contributed by atoms with Crippen molar-refractivity contribution >= 4 is 0 Å².